The number of fused-ring (bicyclic) bond motifs is 2. The fourth-order valence-electron chi connectivity index (χ4n) is 8.00. The van der Waals surface area contributed by atoms with Crippen molar-refractivity contribution in [3.8, 4) is 17.2 Å². The summed E-state index contributed by atoms with van der Waals surface area (Å²) in [6.45, 7) is 6.42. The number of carbonyl (C=O) groups excluding carboxylic acids is 1. The zero-order chi connectivity index (χ0) is 36.5. The number of rotatable bonds is 17. The summed E-state index contributed by atoms with van der Waals surface area (Å²) in [5.74, 6) is -0.663. The number of methoxy groups -OCH3 is 1. The molecular formula is C38H49N3O10. The summed E-state index contributed by atoms with van der Waals surface area (Å²) in [7, 11) is 2.99. The van der Waals surface area contributed by atoms with E-state index in [0.29, 0.717) is 42.4 Å². The van der Waals surface area contributed by atoms with E-state index in [1.54, 1.807) is 31.3 Å². The molecule has 1 aliphatic heterocycles. The van der Waals surface area contributed by atoms with Crippen molar-refractivity contribution in [3.63, 3.8) is 0 Å². The topological polar surface area (TPSA) is 162 Å². The third kappa shape index (κ3) is 7.90. The minimum absolute atomic E-state index is 0.0296. The zero-order valence-electron chi connectivity index (χ0n) is 29.6. The average molecular weight is 708 g/mol. The van der Waals surface area contributed by atoms with Crippen LogP contribution in [0.1, 0.15) is 63.4 Å². The molecule has 2 aromatic carbocycles. The summed E-state index contributed by atoms with van der Waals surface area (Å²) < 4.78 is 25.2. The number of likely N-dealkylation sites (N-methyl/N-ethyl adjacent to an activating group) is 1. The van der Waals surface area contributed by atoms with Crippen LogP contribution in [0.3, 0.4) is 0 Å². The van der Waals surface area contributed by atoms with Crippen LogP contribution in [-0.4, -0.2) is 84.3 Å². The van der Waals surface area contributed by atoms with Crippen molar-refractivity contribution in [2.75, 3.05) is 40.6 Å². The molecule has 0 spiro atoms. The molecule has 1 amide bonds. The van der Waals surface area contributed by atoms with E-state index in [-0.39, 0.29) is 49.7 Å². The van der Waals surface area contributed by atoms with Crippen LogP contribution in [0, 0.1) is 27.9 Å². The van der Waals surface area contributed by atoms with Crippen LogP contribution in [-0.2, 0) is 14.3 Å². The molecule has 5 rings (SSSR count). The largest absolute Gasteiger partial charge is 0.459 e. The number of allylic oxidation sites excluding steroid dienone is 1. The number of aliphatic hydroxyl groups excluding tert-OH is 2. The van der Waals surface area contributed by atoms with Gasteiger partial charge in [0, 0.05) is 44.2 Å². The Labute approximate surface area is 298 Å². The van der Waals surface area contributed by atoms with E-state index < -0.39 is 28.8 Å². The van der Waals surface area contributed by atoms with Crippen molar-refractivity contribution in [1.29, 1.82) is 0 Å². The van der Waals surface area contributed by atoms with E-state index in [9.17, 15) is 25.1 Å². The highest BCUT2D eigenvalue weighted by Crippen LogP contribution is 2.62. The highest BCUT2D eigenvalue weighted by Gasteiger charge is 2.65. The lowest BCUT2D eigenvalue weighted by atomic mass is 9.55. The Morgan fingerprint density at radius 2 is 1.88 bits per heavy atom. The number of carbonyl (C=O) groups is 1. The van der Waals surface area contributed by atoms with Gasteiger partial charge >= 0.3 is 6.09 Å². The van der Waals surface area contributed by atoms with Gasteiger partial charge in [0.05, 0.1) is 36.3 Å². The first-order chi connectivity index (χ1) is 24.7. The number of amides is 1. The van der Waals surface area contributed by atoms with E-state index in [4.69, 9.17) is 23.8 Å². The average Bonchev–Trinajstić information content (AvgIpc) is 3.14. The Balaban J connectivity index is 1.74. The summed E-state index contributed by atoms with van der Waals surface area (Å²) in [5, 5.41) is 35.6. The molecule has 2 N–H and O–H groups in total. The third-order valence-electron chi connectivity index (χ3n) is 10.1. The molecule has 6 atom stereocenters. The molecule has 13 nitrogen and oxygen atoms in total. The Hall–Kier alpha value is -4.46. The minimum Gasteiger partial charge on any atom is -0.459 e. The fourth-order valence-corrected chi connectivity index (χ4v) is 8.00. The van der Waals surface area contributed by atoms with E-state index in [0.717, 1.165) is 36.8 Å². The van der Waals surface area contributed by atoms with Crippen molar-refractivity contribution in [2.24, 2.45) is 22.9 Å². The number of nitro benzene ring substituents is 1. The number of nitrogens with zero attached hydrogens (tertiary/aromatic N) is 3. The standard InChI is InChI=1S/C38H49N3O10/c1-5-20-48-38-34(40(3)37(44)47-4)24-32(39-49-6-2)30-21-25(12-7-9-18-42)29(15-8-10-19-43)35(36(30)38)31-23-28(16-17-33(31)51-38)50-27-14-11-13-26(22-27)41(45)46/h5,11,13-14,16-17,21-23,25,29,34-36,42-43H,1,6-10,12,15,18-20,24H2,2-4H3/t25-,29+,34-,35+,36+,38+/m0/s1. The van der Waals surface area contributed by atoms with Gasteiger partial charge in [0.25, 0.3) is 5.69 Å². The number of ether oxygens (including phenoxy) is 4. The third-order valence-corrected chi connectivity index (χ3v) is 10.1. The van der Waals surface area contributed by atoms with Gasteiger partial charge in [0.2, 0.25) is 5.79 Å². The molecule has 2 aliphatic carbocycles. The van der Waals surface area contributed by atoms with Crippen molar-refractivity contribution >= 4 is 17.5 Å². The van der Waals surface area contributed by atoms with Gasteiger partial charge in [-0.25, -0.2) is 4.79 Å². The molecule has 13 heteroatoms. The number of unbranched alkanes of at least 4 members (excludes halogenated alkanes) is 2. The molecule has 51 heavy (non-hydrogen) atoms. The second-order valence-electron chi connectivity index (χ2n) is 13.1. The monoisotopic (exact) mass is 707 g/mol. The highest BCUT2D eigenvalue weighted by molar-refractivity contribution is 6.02. The molecule has 1 fully saturated rings. The fraction of sp³-hybridized carbons (Fsp3) is 0.526. The van der Waals surface area contributed by atoms with E-state index in [1.165, 1.54) is 24.1 Å². The van der Waals surface area contributed by atoms with E-state index >= 15 is 0 Å². The quantitative estimate of drug-likeness (QED) is 0.0780. The Morgan fingerprint density at radius 3 is 2.57 bits per heavy atom. The lowest BCUT2D eigenvalue weighted by molar-refractivity contribution is -0.384. The summed E-state index contributed by atoms with van der Waals surface area (Å²) in [6.07, 6.45) is 8.08. The predicted molar refractivity (Wildman–Crippen MR) is 190 cm³/mol. The van der Waals surface area contributed by atoms with E-state index in [2.05, 4.69) is 17.8 Å². The molecule has 3 aliphatic rings. The van der Waals surface area contributed by atoms with E-state index in [1.807, 2.05) is 19.1 Å². The number of hydrogen-bond donors (Lipinski definition) is 2. The van der Waals surface area contributed by atoms with Crippen LogP contribution in [0.2, 0.25) is 0 Å². The van der Waals surface area contributed by atoms with Gasteiger partial charge in [0.15, 0.2) is 0 Å². The van der Waals surface area contributed by atoms with Gasteiger partial charge in [-0.2, -0.15) is 0 Å². The van der Waals surface area contributed by atoms with Crippen LogP contribution < -0.4 is 9.47 Å². The first-order valence-electron chi connectivity index (χ1n) is 17.7. The number of nitro groups is 1. The highest BCUT2D eigenvalue weighted by atomic mass is 16.7. The molecule has 2 aromatic rings. The normalized spacial score (nSPS) is 25.5. The molecular weight excluding hydrogens is 658 g/mol. The van der Waals surface area contributed by atoms with Crippen molar-refractivity contribution in [1.82, 2.24) is 4.90 Å². The molecule has 0 saturated heterocycles. The van der Waals surface area contributed by atoms with Gasteiger partial charge in [-0.3, -0.25) is 10.1 Å². The summed E-state index contributed by atoms with van der Waals surface area (Å²) in [5.41, 5.74) is 2.38. The smallest absolute Gasteiger partial charge is 0.409 e. The first kappa shape index (κ1) is 37.8. The van der Waals surface area contributed by atoms with Gasteiger partial charge in [-0.1, -0.05) is 36.2 Å². The molecule has 0 unspecified atom stereocenters. The van der Waals surface area contributed by atoms with Crippen LogP contribution in [0.5, 0.6) is 17.2 Å². The van der Waals surface area contributed by atoms with Gasteiger partial charge in [-0.15, -0.1) is 6.58 Å². The summed E-state index contributed by atoms with van der Waals surface area (Å²) in [4.78, 5) is 31.4. The summed E-state index contributed by atoms with van der Waals surface area (Å²) in [6, 6.07) is 10.8. The number of aliphatic hydroxyl groups is 2. The molecule has 0 aromatic heterocycles. The second-order valence-corrected chi connectivity index (χ2v) is 13.1. The van der Waals surface area contributed by atoms with Crippen LogP contribution >= 0.6 is 0 Å². The SMILES string of the molecule is C=CCO[C@@]12Oc3ccc(Oc4cccc([N+](=O)[O-])c4)cc3[C@H]3[C@H](CCCCO)[C@@H](CCCCO)C=C(C(=NOCC)C[C@@H]1N(C)C(=O)OC)[C@H]32. The number of oxime groups is 1. The van der Waals surface area contributed by atoms with Gasteiger partial charge < -0.3 is 38.9 Å². The van der Waals surface area contributed by atoms with Crippen molar-refractivity contribution in [3.05, 3.63) is 82.4 Å². The maximum atomic E-state index is 13.2. The lowest BCUT2D eigenvalue weighted by Gasteiger charge is -2.59. The Bertz CT molecular complexity index is 1610. The Morgan fingerprint density at radius 1 is 1.14 bits per heavy atom. The van der Waals surface area contributed by atoms with Gasteiger partial charge in [-0.05, 0) is 74.3 Å². The number of non-ortho nitro benzene ring substituents is 1. The molecule has 0 bridgehead atoms. The maximum Gasteiger partial charge on any atom is 0.409 e. The second kappa shape index (κ2) is 17.2. The summed E-state index contributed by atoms with van der Waals surface area (Å²) >= 11 is 0. The predicted octanol–water partition coefficient (Wildman–Crippen LogP) is 6.74. The van der Waals surface area contributed by atoms with Crippen LogP contribution in [0.4, 0.5) is 10.5 Å². The molecule has 1 saturated carbocycles. The first-order valence-corrected chi connectivity index (χ1v) is 17.7. The van der Waals surface area contributed by atoms with Crippen LogP contribution in [0.25, 0.3) is 0 Å². The van der Waals surface area contributed by atoms with Crippen molar-refractivity contribution in [2.45, 2.75) is 69.6 Å². The molecule has 0 radical (unpaired) electrons. The van der Waals surface area contributed by atoms with Crippen molar-refractivity contribution < 1.29 is 43.7 Å². The van der Waals surface area contributed by atoms with Gasteiger partial charge in [0.1, 0.15) is 29.9 Å². The molecule has 1 heterocycles. The zero-order valence-corrected chi connectivity index (χ0v) is 29.6. The minimum atomic E-state index is -1.39. The molecule has 276 valence electrons. The number of benzene rings is 2. The number of hydrogen-bond acceptors (Lipinski definition) is 11. The maximum absolute atomic E-state index is 13.2. The van der Waals surface area contributed by atoms with Crippen LogP contribution in [0.15, 0.2) is 71.9 Å². The Kier molecular flexibility index (Phi) is 12.7. The lowest BCUT2D eigenvalue weighted by Crippen LogP contribution is -2.69.